The third-order valence-corrected chi connectivity index (χ3v) is 5.74. The average Bonchev–Trinajstić information content (AvgIpc) is 3.19. The number of para-hydroxylation sites is 1. The molecule has 0 saturated carbocycles. The van der Waals surface area contributed by atoms with E-state index in [4.69, 9.17) is 9.47 Å². The molecule has 9 nitrogen and oxygen atoms in total. The van der Waals surface area contributed by atoms with Gasteiger partial charge in [-0.15, -0.1) is 0 Å². The fourth-order valence-electron chi connectivity index (χ4n) is 4.15. The molecule has 5 rings (SSSR count). The maximum absolute atomic E-state index is 13.0. The summed E-state index contributed by atoms with van der Waals surface area (Å²) in [5.74, 6) is 0.876. The van der Waals surface area contributed by atoms with E-state index < -0.39 is 5.92 Å². The molecule has 1 saturated heterocycles. The van der Waals surface area contributed by atoms with Crippen molar-refractivity contribution in [3.05, 3.63) is 58.6 Å². The first-order valence-corrected chi connectivity index (χ1v) is 10.4. The van der Waals surface area contributed by atoms with Crippen molar-refractivity contribution in [2.75, 3.05) is 31.7 Å². The second-order valence-electron chi connectivity index (χ2n) is 7.96. The van der Waals surface area contributed by atoms with E-state index in [9.17, 15) is 14.4 Å². The predicted molar refractivity (Wildman–Crippen MR) is 117 cm³/mol. The second kappa shape index (κ2) is 7.99. The molecule has 1 fully saturated rings. The smallest absolute Gasteiger partial charge is 0.258 e. The number of aromatic amines is 1. The highest BCUT2D eigenvalue weighted by Crippen LogP contribution is 2.36. The molecule has 0 radical (unpaired) electrons. The molecule has 32 heavy (non-hydrogen) atoms. The lowest BCUT2D eigenvalue weighted by atomic mass is 10.1. The van der Waals surface area contributed by atoms with Gasteiger partial charge in [0.15, 0.2) is 11.5 Å². The minimum atomic E-state index is -0.479. The fraction of sp³-hybridized carbons (Fsp3) is 0.304. The summed E-state index contributed by atoms with van der Waals surface area (Å²) < 4.78 is 11.1. The van der Waals surface area contributed by atoms with Crippen molar-refractivity contribution < 1.29 is 19.1 Å². The number of fused-ring (bicyclic) bond motifs is 2. The number of H-pyrrole nitrogens is 1. The first-order chi connectivity index (χ1) is 15.5. The number of nitrogens with zero attached hydrogens (tertiary/aromatic N) is 3. The summed E-state index contributed by atoms with van der Waals surface area (Å²) in [6.45, 7) is 1.38. The highest BCUT2D eigenvalue weighted by Gasteiger charge is 2.37. The molecule has 2 aliphatic heterocycles. The van der Waals surface area contributed by atoms with Crippen molar-refractivity contribution in [2.24, 2.45) is 5.92 Å². The minimum absolute atomic E-state index is 0.120. The van der Waals surface area contributed by atoms with E-state index in [-0.39, 0.29) is 36.9 Å². The molecule has 2 amide bonds. The van der Waals surface area contributed by atoms with E-state index >= 15 is 0 Å². The lowest BCUT2D eigenvalue weighted by Crippen LogP contribution is -2.35. The SMILES string of the molecule is CN(Cc1nc2ccccc2c(=O)[nH]1)C(=O)[C@@H]1CC(=O)N(c2ccc3c(c2)OCCO3)C1. The van der Waals surface area contributed by atoms with E-state index in [1.807, 2.05) is 6.07 Å². The van der Waals surface area contributed by atoms with E-state index in [1.165, 1.54) is 4.90 Å². The number of amides is 2. The molecule has 0 unspecified atom stereocenters. The molecule has 9 heteroatoms. The zero-order chi connectivity index (χ0) is 22.2. The molecule has 1 N–H and O–H groups in total. The molecule has 3 aromatic rings. The molecular formula is C23H22N4O5. The van der Waals surface area contributed by atoms with Crippen LogP contribution in [0.25, 0.3) is 10.9 Å². The lowest BCUT2D eigenvalue weighted by molar-refractivity contribution is -0.135. The largest absolute Gasteiger partial charge is 0.486 e. The molecule has 0 aliphatic carbocycles. The van der Waals surface area contributed by atoms with Crippen molar-refractivity contribution in [1.82, 2.24) is 14.9 Å². The van der Waals surface area contributed by atoms with Crippen LogP contribution in [0.4, 0.5) is 5.69 Å². The van der Waals surface area contributed by atoms with Crippen LogP contribution in [-0.2, 0) is 16.1 Å². The normalized spacial score (nSPS) is 17.6. The average molecular weight is 434 g/mol. The van der Waals surface area contributed by atoms with E-state index in [0.717, 1.165) is 0 Å². The van der Waals surface area contributed by atoms with Crippen LogP contribution in [0.5, 0.6) is 11.5 Å². The van der Waals surface area contributed by atoms with Gasteiger partial charge in [0.25, 0.3) is 5.56 Å². The first-order valence-electron chi connectivity index (χ1n) is 10.4. The highest BCUT2D eigenvalue weighted by atomic mass is 16.6. The topological polar surface area (TPSA) is 105 Å². The van der Waals surface area contributed by atoms with Gasteiger partial charge in [0.1, 0.15) is 19.0 Å². The quantitative estimate of drug-likeness (QED) is 0.670. The Kier molecular flexibility index (Phi) is 5.01. The van der Waals surface area contributed by atoms with Crippen LogP contribution in [0, 0.1) is 5.92 Å². The first kappa shape index (κ1) is 20.0. The van der Waals surface area contributed by atoms with Crippen LogP contribution in [-0.4, -0.2) is 53.5 Å². The molecule has 0 spiro atoms. The number of ether oxygens (including phenoxy) is 2. The van der Waals surface area contributed by atoms with Crippen LogP contribution in [0.1, 0.15) is 12.2 Å². The van der Waals surface area contributed by atoms with Crippen LogP contribution in [0.15, 0.2) is 47.3 Å². The van der Waals surface area contributed by atoms with Gasteiger partial charge >= 0.3 is 0 Å². The summed E-state index contributed by atoms with van der Waals surface area (Å²) >= 11 is 0. The molecule has 1 atom stereocenters. The van der Waals surface area contributed by atoms with Gasteiger partial charge in [-0.05, 0) is 24.3 Å². The number of carbonyl (C=O) groups is 2. The van der Waals surface area contributed by atoms with Gasteiger partial charge in [-0.25, -0.2) is 4.98 Å². The van der Waals surface area contributed by atoms with Crippen LogP contribution in [0.2, 0.25) is 0 Å². The Bertz CT molecular complexity index is 1270. The Labute approximate surface area is 183 Å². The number of aromatic nitrogens is 2. The number of hydrogen-bond donors (Lipinski definition) is 1. The van der Waals surface area contributed by atoms with Crippen LogP contribution >= 0.6 is 0 Å². The monoisotopic (exact) mass is 434 g/mol. The third kappa shape index (κ3) is 3.66. The number of hydrogen-bond acceptors (Lipinski definition) is 6. The van der Waals surface area contributed by atoms with Crippen LogP contribution in [0.3, 0.4) is 0 Å². The minimum Gasteiger partial charge on any atom is -0.486 e. The van der Waals surface area contributed by atoms with Crippen LogP contribution < -0.4 is 19.9 Å². The van der Waals surface area contributed by atoms with Crippen molar-refractivity contribution >= 4 is 28.4 Å². The predicted octanol–water partition coefficient (Wildman–Crippen LogP) is 1.71. The molecule has 3 heterocycles. The zero-order valence-electron chi connectivity index (χ0n) is 17.5. The molecule has 164 valence electrons. The maximum Gasteiger partial charge on any atom is 0.258 e. The van der Waals surface area contributed by atoms with Gasteiger partial charge in [-0.1, -0.05) is 12.1 Å². The number of benzene rings is 2. The van der Waals surface area contributed by atoms with Gasteiger partial charge in [-0.2, -0.15) is 0 Å². The Hall–Kier alpha value is -3.88. The van der Waals surface area contributed by atoms with Gasteiger partial charge in [0.2, 0.25) is 11.8 Å². The van der Waals surface area contributed by atoms with Crippen molar-refractivity contribution in [3.63, 3.8) is 0 Å². The molecule has 2 aliphatic rings. The Morgan fingerprint density at radius 3 is 2.78 bits per heavy atom. The van der Waals surface area contributed by atoms with Crippen molar-refractivity contribution in [2.45, 2.75) is 13.0 Å². The Balaban J connectivity index is 1.30. The molecule has 1 aromatic heterocycles. The van der Waals surface area contributed by atoms with Gasteiger partial charge < -0.3 is 24.3 Å². The highest BCUT2D eigenvalue weighted by molar-refractivity contribution is 6.00. The maximum atomic E-state index is 13.0. The zero-order valence-corrected chi connectivity index (χ0v) is 17.5. The number of carbonyl (C=O) groups excluding carboxylic acids is 2. The van der Waals surface area contributed by atoms with Gasteiger partial charge in [0.05, 0.1) is 23.4 Å². The summed E-state index contributed by atoms with van der Waals surface area (Å²) in [7, 11) is 1.65. The third-order valence-electron chi connectivity index (χ3n) is 5.74. The Morgan fingerprint density at radius 2 is 1.94 bits per heavy atom. The summed E-state index contributed by atoms with van der Waals surface area (Å²) in [5, 5.41) is 0.502. The number of rotatable bonds is 4. The van der Waals surface area contributed by atoms with Gasteiger partial charge in [-0.3, -0.25) is 14.4 Å². The summed E-state index contributed by atoms with van der Waals surface area (Å²) in [6.07, 6.45) is 0.124. The summed E-state index contributed by atoms with van der Waals surface area (Å²) in [4.78, 5) is 48.3. The number of nitrogens with one attached hydrogen (secondary N) is 1. The lowest BCUT2D eigenvalue weighted by Gasteiger charge is -2.23. The van der Waals surface area contributed by atoms with E-state index in [0.29, 0.717) is 47.1 Å². The molecular weight excluding hydrogens is 412 g/mol. The van der Waals surface area contributed by atoms with Crippen molar-refractivity contribution in [1.29, 1.82) is 0 Å². The summed E-state index contributed by atoms with van der Waals surface area (Å²) in [6, 6.07) is 12.4. The standard InChI is InChI=1S/C23H22N4O5/c1-26(13-20-24-17-5-3-2-4-16(17)22(29)25-20)23(30)14-10-21(28)27(12-14)15-6-7-18-19(11-15)32-9-8-31-18/h2-7,11,14H,8-10,12-13H2,1H3,(H,24,25,29)/t14-/m1/s1. The number of anilines is 1. The molecule has 2 aromatic carbocycles. The van der Waals surface area contributed by atoms with E-state index in [1.54, 1.807) is 48.3 Å². The fourth-order valence-corrected chi connectivity index (χ4v) is 4.15. The second-order valence-corrected chi connectivity index (χ2v) is 7.96. The summed E-state index contributed by atoms with van der Waals surface area (Å²) in [5.41, 5.74) is 1.01. The molecule has 0 bridgehead atoms. The van der Waals surface area contributed by atoms with Gasteiger partial charge in [0, 0.05) is 31.8 Å². The van der Waals surface area contributed by atoms with E-state index in [2.05, 4.69) is 9.97 Å². The Morgan fingerprint density at radius 1 is 1.16 bits per heavy atom. The van der Waals surface area contributed by atoms with Crippen molar-refractivity contribution in [3.8, 4) is 11.5 Å².